The van der Waals surface area contributed by atoms with Gasteiger partial charge in [0.25, 0.3) is 0 Å². The van der Waals surface area contributed by atoms with Crippen LogP contribution >= 0.6 is 11.3 Å². The summed E-state index contributed by atoms with van der Waals surface area (Å²) in [6.07, 6.45) is 0. The summed E-state index contributed by atoms with van der Waals surface area (Å²) in [4.78, 5) is 13.0. The smallest absolute Gasteiger partial charge is 0.302 e. The van der Waals surface area contributed by atoms with Crippen molar-refractivity contribution in [2.24, 2.45) is 0 Å². The van der Waals surface area contributed by atoms with Crippen LogP contribution in [0.25, 0.3) is 16.2 Å². The predicted octanol–water partition coefficient (Wildman–Crippen LogP) is 2.93. The molecular formula is C17H11FN4O2S. The first-order valence-electron chi connectivity index (χ1n) is 7.40. The van der Waals surface area contributed by atoms with Gasteiger partial charge in [-0.15, -0.1) is 10.2 Å². The van der Waals surface area contributed by atoms with Crippen molar-refractivity contribution >= 4 is 16.3 Å². The van der Waals surface area contributed by atoms with Gasteiger partial charge >= 0.3 is 5.56 Å². The molecular weight excluding hydrogens is 343 g/mol. The van der Waals surface area contributed by atoms with E-state index in [4.69, 9.17) is 4.74 Å². The maximum atomic E-state index is 12.9. The average molecular weight is 354 g/mol. The highest BCUT2D eigenvalue weighted by Gasteiger charge is 2.13. The van der Waals surface area contributed by atoms with E-state index in [2.05, 4.69) is 15.3 Å². The summed E-state index contributed by atoms with van der Waals surface area (Å²) in [5.74, 6) is 0.187. The highest BCUT2D eigenvalue weighted by atomic mass is 32.1. The zero-order chi connectivity index (χ0) is 17.2. The number of aromatic nitrogens is 4. The van der Waals surface area contributed by atoms with Gasteiger partial charge in [-0.3, -0.25) is 4.79 Å². The summed E-state index contributed by atoms with van der Waals surface area (Å²) in [5, 5.41) is 12.9. The zero-order valence-electron chi connectivity index (χ0n) is 12.8. The molecule has 0 bridgehead atoms. The van der Waals surface area contributed by atoms with E-state index in [9.17, 15) is 9.18 Å². The second-order valence-electron chi connectivity index (χ2n) is 5.15. The molecule has 0 unspecified atom stereocenters. The van der Waals surface area contributed by atoms with Crippen molar-refractivity contribution in [3.63, 3.8) is 0 Å². The van der Waals surface area contributed by atoms with E-state index in [1.807, 2.05) is 18.2 Å². The molecule has 6 nitrogen and oxygen atoms in total. The molecule has 25 heavy (non-hydrogen) atoms. The summed E-state index contributed by atoms with van der Waals surface area (Å²) in [6.45, 7) is 0.153. The number of rotatable bonds is 4. The van der Waals surface area contributed by atoms with Gasteiger partial charge in [-0.1, -0.05) is 41.7 Å². The number of ether oxygens (including phenoxy) is 1. The first-order valence-corrected chi connectivity index (χ1v) is 8.21. The molecule has 2 heterocycles. The van der Waals surface area contributed by atoms with Gasteiger partial charge in [0, 0.05) is 5.56 Å². The second kappa shape index (κ2) is 6.40. The lowest BCUT2D eigenvalue weighted by atomic mass is 10.2. The maximum Gasteiger partial charge on any atom is 0.302 e. The highest BCUT2D eigenvalue weighted by Crippen LogP contribution is 2.17. The van der Waals surface area contributed by atoms with Crippen molar-refractivity contribution in [1.29, 1.82) is 0 Å². The van der Waals surface area contributed by atoms with Crippen LogP contribution in [0, 0.1) is 5.82 Å². The molecule has 0 N–H and O–H groups in total. The van der Waals surface area contributed by atoms with Crippen molar-refractivity contribution in [2.75, 3.05) is 0 Å². The largest absolute Gasteiger partial charge is 0.486 e. The third-order valence-electron chi connectivity index (χ3n) is 3.46. The third-order valence-corrected chi connectivity index (χ3v) is 4.33. The van der Waals surface area contributed by atoms with Gasteiger partial charge in [0.1, 0.15) is 18.2 Å². The van der Waals surface area contributed by atoms with Crippen molar-refractivity contribution in [3.8, 4) is 17.0 Å². The average Bonchev–Trinajstić information content (AvgIpc) is 3.06. The summed E-state index contributed by atoms with van der Waals surface area (Å²) in [7, 11) is 0. The molecule has 0 aliphatic carbocycles. The van der Waals surface area contributed by atoms with E-state index in [1.165, 1.54) is 40.1 Å². The van der Waals surface area contributed by atoms with Crippen LogP contribution in [0.1, 0.15) is 5.01 Å². The van der Waals surface area contributed by atoms with E-state index < -0.39 is 0 Å². The topological polar surface area (TPSA) is 69.4 Å². The molecule has 0 amide bonds. The molecule has 0 atom stereocenters. The fourth-order valence-corrected chi connectivity index (χ4v) is 3.01. The Morgan fingerprint density at radius 3 is 2.56 bits per heavy atom. The molecule has 0 aliphatic rings. The minimum Gasteiger partial charge on any atom is -0.486 e. The van der Waals surface area contributed by atoms with Gasteiger partial charge in [-0.05, 0) is 24.3 Å². The van der Waals surface area contributed by atoms with E-state index in [-0.39, 0.29) is 23.7 Å². The SMILES string of the molecule is O=c1c(-c2ccccc2)nnc2sc(COc3ccc(F)cc3)nn12. The molecule has 0 saturated heterocycles. The van der Waals surface area contributed by atoms with Crippen molar-refractivity contribution in [1.82, 2.24) is 19.8 Å². The van der Waals surface area contributed by atoms with Crippen LogP contribution in [0.15, 0.2) is 59.4 Å². The van der Waals surface area contributed by atoms with Crippen LogP contribution in [-0.4, -0.2) is 19.8 Å². The lowest BCUT2D eigenvalue weighted by molar-refractivity contribution is 0.303. The van der Waals surface area contributed by atoms with Crippen LogP contribution in [-0.2, 0) is 6.61 Å². The lowest BCUT2D eigenvalue weighted by Crippen LogP contribution is -2.19. The minimum absolute atomic E-state index is 0.153. The van der Waals surface area contributed by atoms with Crippen LogP contribution in [0.3, 0.4) is 0 Å². The summed E-state index contributed by atoms with van der Waals surface area (Å²) in [6, 6.07) is 14.8. The number of nitrogens with zero attached hydrogens (tertiary/aromatic N) is 4. The molecule has 0 fully saturated rings. The van der Waals surface area contributed by atoms with Gasteiger partial charge in [0.05, 0.1) is 0 Å². The van der Waals surface area contributed by atoms with Crippen LogP contribution in [0.2, 0.25) is 0 Å². The number of hydrogen-bond acceptors (Lipinski definition) is 6. The first kappa shape index (κ1) is 15.4. The summed E-state index contributed by atoms with van der Waals surface area (Å²) >= 11 is 1.22. The Morgan fingerprint density at radius 2 is 1.80 bits per heavy atom. The van der Waals surface area contributed by atoms with Crippen LogP contribution in [0.5, 0.6) is 5.75 Å². The monoisotopic (exact) mass is 354 g/mol. The number of hydrogen-bond donors (Lipinski definition) is 0. The van der Waals surface area contributed by atoms with Crippen LogP contribution in [0.4, 0.5) is 4.39 Å². The maximum absolute atomic E-state index is 12.9. The summed E-state index contributed by atoms with van der Waals surface area (Å²) in [5.41, 5.74) is 0.599. The van der Waals surface area contributed by atoms with Gasteiger partial charge < -0.3 is 4.74 Å². The molecule has 2 aromatic heterocycles. The Balaban J connectivity index is 1.63. The lowest BCUT2D eigenvalue weighted by Gasteiger charge is -2.02. The van der Waals surface area contributed by atoms with Gasteiger partial charge in [-0.25, -0.2) is 4.39 Å². The summed E-state index contributed by atoms with van der Waals surface area (Å²) < 4.78 is 19.7. The zero-order valence-corrected chi connectivity index (χ0v) is 13.6. The fraction of sp³-hybridized carbons (Fsp3) is 0.0588. The quantitative estimate of drug-likeness (QED) is 0.564. The second-order valence-corrected chi connectivity index (χ2v) is 6.19. The van der Waals surface area contributed by atoms with E-state index >= 15 is 0 Å². The molecule has 124 valence electrons. The Bertz CT molecular complexity index is 1080. The molecule has 8 heteroatoms. The van der Waals surface area contributed by atoms with Gasteiger partial charge in [0.15, 0.2) is 10.7 Å². The van der Waals surface area contributed by atoms with E-state index in [0.29, 0.717) is 21.3 Å². The number of benzene rings is 2. The Morgan fingerprint density at radius 1 is 1.04 bits per heavy atom. The number of halogens is 1. The third kappa shape index (κ3) is 3.11. The Hall–Kier alpha value is -3.13. The standard InChI is InChI=1S/C17H11FN4O2S/c18-12-6-8-13(9-7-12)24-10-14-21-22-16(23)15(19-20-17(22)25-14)11-4-2-1-3-5-11/h1-9H,10H2. The van der Waals surface area contributed by atoms with E-state index in [0.717, 1.165) is 0 Å². The predicted molar refractivity (Wildman–Crippen MR) is 91.1 cm³/mol. The molecule has 0 saturated carbocycles. The normalized spacial score (nSPS) is 10.9. The van der Waals surface area contributed by atoms with Crippen LogP contribution < -0.4 is 10.3 Å². The van der Waals surface area contributed by atoms with Crippen molar-refractivity contribution in [3.05, 3.63) is 75.8 Å². The fourth-order valence-electron chi connectivity index (χ4n) is 2.27. The Labute approximate surface area is 145 Å². The van der Waals surface area contributed by atoms with Crippen molar-refractivity contribution < 1.29 is 9.13 Å². The highest BCUT2D eigenvalue weighted by molar-refractivity contribution is 7.16. The minimum atomic E-state index is -0.333. The molecule has 2 aromatic carbocycles. The van der Waals surface area contributed by atoms with Gasteiger partial charge in [-0.2, -0.15) is 9.61 Å². The van der Waals surface area contributed by atoms with Crippen molar-refractivity contribution in [2.45, 2.75) is 6.61 Å². The molecule has 0 aliphatic heterocycles. The number of fused-ring (bicyclic) bond motifs is 1. The first-order chi connectivity index (χ1) is 12.2. The molecule has 4 rings (SSSR count). The van der Waals surface area contributed by atoms with Gasteiger partial charge in [0.2, 0.25) is 4.96 Å². The molecule has 0 radical (unpaired) electrons. The van der Waals surface area contributed by atoms with E-state index in [1.54, 1.807) is 12.1 Å². The Kier molecular flexibility index (Phi) is 3.95. The molecule has 4 aromatic rings. The molecule has 0 spiro atoms.